The normalized spacial score (nSPS) is 20.7. The number of ether oxygens (including phenoxy) is 1. The molecule has 0 spiro atoms. The van der Waals surface area contributed by atoms with Crippen LogP contribution < -0.4 is 26.2 Å². The van der Waals surface area contributed by atoms with Gasteiger partial charge in [0, 0.05) is 95.9 Å². The number of aryl methyl sites for hydroxylation is 1. The number of amides is 7. The van der Waals surface area contributed by atoms with Gasteiger partial charge in [-0.2, -0.15) is 0 Å². The number of nitrogens with one attached hydrogen (secondary N) is 2. The summed E-state index contributed by atoms with van der Waals surface area (Å²) in [6, 6.07) is 13.1. The fourth-order valence-corrected chi connectivity index (χ4v) is 8.89. The number of primary amides is 1. The Kier molecular flexibility index (Phi) is 12.3. The highest BCUT2D eigenvalue weighted by atomic mass is 16.5. The number of urea groups is 1. The van der Waals surface area contributed by atoms with E-state index in [4.69, 9.17) is 15.5 Å². The number of anilines is 4. The predicted octanol–water partition coefficient (Wildman–Crippen LogP) is 2.10. The van der Waals surface area contributed by atoms with Gasteiger partial charge in [0.25, 0.3) is 11.8 Å². The molecule has 322 valence electrons. The lowest BCUT2D eigenvalue weighted by molar-refractivity contribution is -0.137. The molecule has 5 aliphatic rings. The minimum Gasteiger partial charge on any atom is -0.381 e. The van der Waals surface area contributed by atoms with Gasteiger partial charge >= 0.3 is 6.03 Å². The van der Waals surface area contributed by atoms with Crippen LogP contribution >= 0.6 is 0 Å². The molecule has 6 heterocycles. The summed E-state index contributed by atoms with van der Waals surface area (Å²) in [7, 11) is 1.82. The summed E-state index contributed by atoms with van der Waals surface area (Å²) in [6.07, 6.45) is 5.70. The molecule has 3 aromatic rings. The lowest BCUT2D eigenvalue weighted by Crippen LogP contribution is -2.52. The van der Waals surface area contributed by atoms with E-state index >= 15 is 0 Å². The molecular formula is C43H53N11O7. The summed E-state index contributed by atoms with van der Waals surface area (Å²) < 4.78 is 5.82. The van der Waals surface area contributed by atoms with Gasteiger partial charge in [0.15, 0.2) is 11.5 Å². The van der Waals surface area contributed by atoms with Crippen LogP contribution in [0.2, 0.25) is 0 Å². The summed E-state index contributed by atoms with van der Waals surface area (Å²) in [4.78, 5) is 95.6. The molecule has 61 heavy (non-hydrogen) atoms. The Morgan fingerprint density at radius 3 is 2.46 bits per heavy atom. The largest absolute Gasteiger partial charge is 0.381 e. The molecular weight excluding hydrogens is 783 g/mol. The molecule has 1 unspecified atom stereocenters. The Bertz CT molecular complexity index is 2180. The summed E-state index contributed by atoms with van der Waals surface area (Å²) in [5.41, 5.74) is 9.94. The number of nitrogens with two attached hydrogens (primary N) is 1. The average molecular weight is 836 g/mol. The number of fused-ring (bicyclic) bond motifs is 1. The molecule has 2 atom stereocenters. The van der Waals surface area contributed by atoms with Crippen molar-refractivity contribution >= 4 is 58.6 Å². The zero-order valence-corrected chi connectivity index (χ0v) is 34.5. The number of piperidine rings is 2. The Balaban J connectivity index is 0.757. The second kappa shape index (κ2) is 18.1. The number of hydrogen-bond donors (Lipinski definition) is 3. The first-order chi connectivity index (χ1) is 29.5. The van der Waals surface area contributed by atoms with E-state index in [1.165, 1.54) is 0 Å². The van der Waals surface area contributed by atoms with E-state index in [0.29, 0.717) is 96.2 Å². The third-order valence-corrected chi connectivity index (χ3v) is 12.3. The average Bonchev–Trinajstić information content (AvgIpc) is 3.78. The lowest BCUT2D eigenvalue weighted by atomic mass is 10.0. The second-order valence-corrected chi connectivity index (χ2v) is 16.3. The summed E-state index contributed by atoms with van der Waals surface area (Å²) >= 11 is 0. The summed E-state index contributed by atoms with van der Waals surface area (Å²) in [5, 5.41) is 5.58. The number of piperazine rings is 1. The van der Waals surface area contributed by atoms with Crippen molar-refractivity contribution in [1.29, 1.82) is 0 Å². The fourth-order valence-electron chi connectivity index (χ4n) is 8.89. The van der Waals surface area contributed by atoms with E-state index in [1.807, 2.05) is 59.3 Å². The number of imide groups is 1. The van der Waals surface area contributed by atoms with Gasteiger partial charge in [0.05, 0.1) is 25.3 Å². The SMILES string of the molecule is CN1CCN([C@@H]2CCCN(c3cnc(C(N)=O)c(Nc4ccc(N5CCN(C(=O)CCOCCCc6ccc7c(c6)C(=O)N(C6CCC(=O)NC6=O)C7)CC5)cc4)n3)C2)C1=O. The molecule has 2 aromatic carbocycles. The fraction of sp³-hybridized carbons (Fsp3) is 0.488. The van der Waals surface area contributed by atoms with Crippen LogP contribution in [0.25, 0.3) is 0 Å². The first-order valence-electron chi connectivity index (χ1n) is 21.2. The van der Waals surface area contributed by atoms with Crippen molar-refractivity contribution in [2.45, 2.75) is 63.6 Å². The molecule has 4 fully saturated rings. The zero-order valence-electron chi connectivity index (χ0n) is 34.5. The molecule has 0 radical (unpaired) electrons. The molecule has 0 saturated carbocycles. The van der Waals surface area contributed by atoms with E-state index in [9.17, 15) is 28.8 Å². The molecule has 4 N–H and O–H groups in total. The lowest BCUT2D eigenvalue weighted by Gasteiger charge is -2.37. The molecule has 4 saturated heterocycles. The maximum absolute atomic E-state index is 13.1. The zero-order chi connectivity index (χ0) is 42.6. The summed E-state index contributed by atoms with van der Waals surface area (Å²) in [5.74, 6) is -0.650. The predicted molar refractivity (Wildman–Crippen MR) is 225 cm³/mol. The van der Waals surface area contributed by atoms with Gasteiger partial charge in [-0.25, -0.2) is 14.8 Å². The van der Waals surface area contributed by atoms with Gasteiger partial charge in [0.1, 0.15) is 11.9 Å². The molecule has 5 aliphatic heterocycles. The van der Waals surface area contributed by atoms with Crippen molar-refractivity contribution in [3.8, 4) is 0 Å². The topological polar surface area (TPSA) is 207 Å². The van der Waals surface area contributed by atoms with Gasteiger partial charge in [-0.1, -0.05) is 12.1 Å². The van der Waals surface area contributed by atoms with Gasteiger partial charge in [-0.15, -0.1) is 0 Å². The third kappa shape index (κ3) is 9.23. The van der Waals surface area contributed by atoms with Crippen LogP contribution in [0.3, 0.4) is 0 Å². The number of hydrogen-bond acceptors (Lipinski definition) is 12. The van der Waals surface area contributed by atoms with Crippen LogP contribution in [0.5, 0.6) is 0 Å². The van der Waals surface area contributed by atoms with Crippen molar-refractivity contribution in [3.05, 3.63) is 71.0 Å². The molecule has 7 amide bonds. The van der Waals surface area contributed by atoms with Crippen LogP contribution in [0.1, 0.15) is 70.5 Å². The number of carbonyl (C=O) groups is 6. The monoisotopic (exact) mass is 835 g/mol. The van der Waals surface area contributed by atoms with Crippen LogP contribution in [0, 0.1) is 0 Å². The maximum atomic E-state index is 13.1. The Hall–Kier alpha value is -6.30. The minimum atomic E-state index is -0.686. The quantitative estimate of drug-likeness (QED) is 0.158. The number of benzene rings is 2. The Morgan fingerprint density at radius 2 is 1.72 bits per heavy atom. The highest BCUT2D eigenvalue weighted by molar-refractivity contribution is 6.05. The van der Waals surface area contributed by atoms with Gasteiger partial charge in [-0.3, -0.25) is 29.3 Å². The molecule has 18 nitrogen and oxygen atoms in total. The smallest absolute Gasteiger partial charge is 0.320 e. The molecule has 1 aromatic heterocycles. The van der Waals surface area contributed by atoms with Crippen molar-refractivity contribution in [3.63, 3.8) is 0 Å². The standard InChI is InChI=1S/C43H53N11O7/c1-49-16-21-53(43(49)60)32-5-2-15-52(27-32)35-25-45-38(39(44)57)40(47-35)46-30-8-10-31(11-9-30)50-17-19-51(20-18-50)37(56)14-23-61-22-3-4-28-6-7-29-26-54(42(59)33(29)24-28)34-12-13-36(55)48-41(34)58/h6-11,24-25,32,34H,2-5,12-23,26-27H2,1H3,(H2,44,57)(H,46,47)(H,48,55,58)/t32-,34?/m1/s1. The molecule has 0 bridgehead atoms. The number of rotatable bonds is 14. The van der Waals surface area contributed by atoms with Crippen LogP contribution in [0.4, 0.5) is 27.8 Å². The van der Waals surface area contributed by atoms with Crippen LogP contribution in [-0.2, 0) is 32.1 Å². The van der Waals surface area contributed by atoms with Crippen molar-refractivity contribution in [2.75, 3.05) is 87.7 Å². The van der Waals surface area contributed by atoms with Gasteiger partial charge in [-0.05, 0) is 73.6 Å². The van der Waals surface area contributed by atoms with Crippen molar-refractivity contribution in [2.24, 2.45) is 5.73 Å². The first kappa shape index (κ1) is 41.4. The van der Waals surface area contributed by atoms with Crippen LogP contribution in [0.15, 0.2) is 48.7 Å². The number of aromatic nitrogens is 2. The minimum absolute atomic E-state index is 0.0421. The summed E-state index contributed by atoms with van der Waals surface area (Å²) in [6.45, 7) is 6.56. The van der Waals surface area contributed by atoms with E-state index in [0.717, 1.165) is 48.3 Å². The number of likely N-dealkylation sites (N-methyl/N-ethyl adjacent to an activating group) is 1. The third-order valence-electron chi connectivity index (χ3n) is 12.3. The molecule has 0 aliphatic carbocycles. The maximum Gasteiger partial charge on any atom is 0.320 e. The van der Waals surface area contributed by atoms with E-state index in [2.05, 4.69) is 25.4 Å². The van der Waals surface area contributed by atoms with Crippen LogP contribution in [-0.4, -0.2) is 150 Å². The highest BCUT2D eigenvalue weighted by Crippen LogP contribution is 2.30. The first-order valence-corrected chi connectivity index (χ1v) is 21.2. The van der Waals surface area contributed by atoms with Gasteiger partial charge in [0.2, 0.25) is 17.7 Å². The second-order valence-electron chi connectivity index (χ2n) is 16.3. The molecule has 8 rings (SSSR count). The van der Waals surface area contributed by atoms with E-state index in [-0.39, 0.29) is 47.7 Å². The number of nitrogens with zero attached hydrogens (tertiary/aromatic N) is 8. The van der Waals surface area contributed by atoms with Crippen molar-refractivity contribution < 1.29 is 33.5 Å². The van der Waals surface area contributed by atoms with Crippen molar-refractivity contribution in [1.82, 2.24) is 34.9 Å². The number of carbonyl (C=O) groups excluding carboxylic acids is 6. The molecule has 18 heteroatoms. The Morgan fingerprint density at radius 1 is 0.918 bits per heavy atom. The van der Waals surface area contributed by atoms with E-state index in [1.54, 1.807) is 16.0 Å². The van der Waals surface area contributed by atoms with E-state index < -0.39 is 17.9 Å². The highest BCUT2D eigenvalue weighted by Gasteiger charge is 2.39. The van der Waals surface area contributed by atoms with Gasteiger partial charge < -0.3 is 45.2 Å². The Labute approximate surface area is 354 Å².